The van der Waals surface area contributed by atoms with Gasteiger partial charge >= 0.3 is 11.9 Å². The van der Waals surface area contributed by atoms with Gasteiger partial charge in [-0.2, -0.15) is 0 Å². The third-order valence-corrected chi connectivity index (χ3v) is 2.07. The average molecular weight is 223 g/mol. The largest absolute Gasteiger partial charge is 0.463 e. The molecule has 14 heavy (non-hydrogen) atoms. The summed E-state index contributed by atoms with van der Waals surface area (Å²) in [6.45, 7) is 4.95. The van der Waals surface area contributed by atoms with Gasteiger partial charge in [-0.1, -0.05) is 6.92 Å². The third kappa shape index (κ3) is 4.46. The van der Waals surface area contributed by atoms with E-state index in [0.717, 1.165) is 0 Å². The number of carbonyl (C=O) groups excluding carboxylic acids is 2. The highest BCUT2D eigenvalue weighted by Gasteiger charge is 2.29. The van der Waals surface area contributed by atoms with E-state index in [2.05, 4.69) is 0 Å². The zero-order chi connectivity index (χ0) is 11.1. The Morgan fingerprint density at radius 2 is 1.93 bits per heavy atom. The Morgan fingerprint density at radius 3 is 2.29 bits per heavy atom. The number of esters is 2. The maximum atomic E-state index is 11.3. The zero-order valence-corrected chi connectivity index (χ0v) is 9.34. The molecule has 0 aromatic heterocycles. The molecule has 0 rings (SSSR count). The number of carbonyl (C=O) groups is 2. The fraction of sp³-hybridized carbons (Fsp3) is 0.778. The van der Waals surface area contributed by atoms with E-state index in [0.29, 0.717) is 6.42 Å². The van der Waals surface area contributed by atoms with E-state index in [4.69, 9.17) is 21.1 Å². The van der Waals surface area contributed by atoms with Gasteiger partial charge in [-0.15, -0.1) is 11.6 Å². The van der Waals surface area contributed by atoms with Crippen LogP contribution in [0.2, 0.25) is 0 Å². The highest BCUT2D eigenvalue weighted by Crippen LogP contribution is 2.13. The van der Waals surface area contributed by atoms with Gasteiger partial charge in [0.25, 0.3) is 0 Å². The molecule has 0 aliphatic rings. The molecule has 0 fully saturated rings. The molecule has 0 spiro atoms. The van der Waals surface area contributed by atoms with Gasteiger partial charge in [0, 0.05) is 6.92 Å². The number of alkyl halides is 1. The van der Waals surface area contributed by atoms with E-state index in [-0.39, 0.29) is 6.61 Å². The van der Waals surface area contributed by atoms with E-state index in [9.17, 15) is 9.59 Å². The molecule has 0 aromatic carbocycles. The minimum absolute atomic E-state index is 0.240. The Kier molecular flexibility index (Phi) is 6.28. The molecule has 4 nitrogen and oxygen atoms in total. The monoisotopic (exact) mass is 222 g/mol. The molecule has 2 atom stereocenters. The van der Waals surface area contributed by atoms with Crippen LogP contribution in [0.5, 0.6) is 0 Å². The van der Waals surface area contributed by atoms with Crippen molar-refractivity contribution in [1.82, 2.24) is 0 Å². The highest BCUT2D eigenvalue weighted by molar-refractivity contribution is 6.22. The van der Waals surface area contributed by atoms with Gasteiger partial charge in [0.05, 0.1) is 12.0 Å². The number of ether oxygens (including phenoxy) is 2. The lowest BCUT2D eigenvalue weighted by atomic mass is 10.2. The smallest absolute Gasteiger partial charge is 0.349 e. The number of halogens is 1. The van der Waals surface area contributed by atoms with Crippen LogP contribution in [0.4, 0.5) is 0 Å². The third-order valence-electron chi connectivity index (χ3n) is 1.53. The molecular formula is C9H15ClO4. The van der Waals surface area contributed by atoms with E-state index < -0.39 is 23.4 Å². The molecule has 0 heterocycles. The topological polar surface area (TPSA) is 52.6 Å². The molecule has 0 radical (unpaired) electrons. The first kappa shape index (κ1) is 13.2. The second-order valence-corrected chi connectivity index (χ2v) is 3.27. The Morgan fingerprint density at radius 1 is 1.36 bits per heavy atom. The second kappa shape index (κ2) is 6.65. The van der Waals surface area contributed by atoms with Gasteiger partial charge in [0.2, 0.25) is 6.10 Å². The van der Waals surface area contributed by atoms with Crippen LogP contribution in [0.3, 0.4) is 0 Å². The predicted octanol–water partition coefficient (Wildman–Crippen LogP) is 1.50. The van der Waals surface area contributed by atoms with Gasteiger partial charge in [0.15, 0.2) is 0 Å². The first-order valence-electron chi connectivity index (χ1n) is 4.50. The quantitative estimate of drug-likeness (QED) is 0.523. The molecule has 0 saturated carbocycles. The van der Waals surface area contributed by atoms with Crippen LogP contribution in [-0.4, -0.2) is 30.0 Å². The Bertz CT molecular complexity index is 205. The van der Waals surface area contributed by atoms with E-state index in [1.165, 1.54) is 6.92 Å². The van der Waals surface area contributed by atoms with Crippen molar-refractivity contribution in [2.45, 2.75) is 38.7 Å². The Balaban J connectivity index is 4.37. The first-order chi connectivity index (χ1) is 6.52. The minimum atomic E-state index is -1.00. The molecule has 0 aromatic rings. The fourth-order valence-corrected chi connectivity index (χ4v) is 1.04. The maximum absolute atomic E-state index is 11.3. The Labute approximate surface area is 88.5 Å². The summed E-state index contributed by atoms with van der Waals surface area (Å²) < 4.78 is 9.50. The lowest BCUT2D eigenvalue weighted by Gasteiger charge is -2.18. The summed E-state index contributed by atoms with van der Waals surface area (Å²) in [5.41, 5.74) is 0. The normalized spacial score (nSPS) is 14.3. The molecule has 0 amide bonds. The summed E-state index contributed by atoms with van der Waals surface area (Å²) in [7, 11) is 0. The average Bonchev–Trinajstić information content (AvgIpc) is 2.13. The molecule has 82 valence electrons. The van der Waals surface area contributed by atoms with E-state index in [1.807, 2.05) is 0 Å². The Hall–Kier alpha value is -0.770. The lowest BCUT2D eigenvalue weighted by molar-refractivity contribution is -0.166. The van der Waals surface area contributed by atoms with Gasteiger partial charge in [0.1, 0.15) is 0 Å². The predicted molar refractivity (Wildman–Crippen MR) is 52.1 cm³/mol. The number of hydrogen-bond donors (Lipinski definition) is 0. The summed E-state index contributed by atoms with van der Waals surface area (Å²) in [6.07, 6.45) is -0.475. The van der Waals surface area contributed by atoms with Gasteiger partial charge in [-0.25, -0.2) is 4.79 Å². The van der Waals surface area contributed by atoms with Crippen LogP contribution >= 0.6 is 11.6 Å². The SMILES string of the molecule is CCOC(=O)[C@@H](OC(C)=O)[C@H](Cl)CC. The summed E-state index contributed by atoms with van der Waals surface area (Å²) in [5.74, 6) is -1.13. The van der Waals surface area contributed by atoms with Gasteiger partial charge in [-0.3, -0.25) is 4.79 Å². The van der Waals surface area contributed by atoms with Crippen LogP contribution in [0.15, 0.2) is 0 Å². The number of rotatable bonds is 5. The summed E-state index contributed by atoms with van der Waals surface area (Å²) in [5, 5.41) is -0.544. The summed E-state index contributed by atoms with van der Waals surface area (Å²) in [4.78, 5) is 22.0. The molecule has 0 aliphatic heterocycles. The van der Waals surface area contributed by atoms with Crippen molar-refractivity contribution < 1.29 is 19.1 Å². The van der Waals surface area contributed by atoms with E-state index in [1.54, 1.807) is 13.8 Å². The lowest BCUT2D eigenvalue weighted by Crippen LogP contribution is -2.36. The van der Waals surface area contributed by atoms with E-state index >= 15 is 0 Å². The van der Waals surface area contributed by atoms with Gasteiger partial charge < -0.3 is 9.47 Å². The molecule has 0 N–H and O–H groups in total. The van der Waals surface area contributed by atoms with Crippen molar-refractivity contribution in [3.8, 4) is 0 Å². The fourth-order valence-electron chi connectivity index (χ4n) is 0.887. The summed E-state index contributed by atoms with van der Waals surface area (Å²) >= 11 is 5.83. The van der Waals surface area contributed by atoms with Crippen molar-refractivity contribution in [1.29, 1.82) is 0 Å². The van der Waals surface area contributed by atoms with Crippen molar-refractivity contribution in [3.05, 3.63) is 0 Å². The van der Waals surface area contributed by atoms with Crippen molar-refractivity contribution in [3.63, 3.8) is 0 Å². The van der Waals surface area contributed by atoms with Crippen molar-refractivity contribution in [2.75, 3.05) is 6.61 Å². The minimum Gasteiger partial charge on any atom is -0.463 e. The van der Waals surface area contributed by atoms with Crippen LogP contribution in [-0.2, 0) is 19.1 Å². The number of hydrogen-bond acceptors (Lipinski definition) is 4. The second-order valence-electron chi connectivity index (χ2n) is 2.71. The molecular weight excluding hydrogens is 208 g/mol. The van der Waals surface area contributed by atoms with Crippen LogP contribution in [0.1, 0.15) is 27.2 Å². The molecule has 0 aliphatic carbocycles. The molecule has 5 heteroatoms. The van der Waals surface area contributed by atoms with Crippen molar-refractivity contribution >= 4 is 23.5 Å². The highest BCUT2D eigenvalue weighted by atomic mass is 35.5. The van der Waals surface area contributed by atoms with Crippen LogP contribution in [0.25, 0.3) is 0 Å². The standard InChI is InChI=1S/C9H15ClO4/c1-4-7(10)8(14-6(3)11)9(12)13-5-2/h7-8H,4-5H2,1-3H3/t7-,8+/m1/s1. The molecule has 0 unspecified atom stereocenters. The van der Waals surface area contributed by atoms with Crippen molar-refractivity contribution in [2.24, 2.45) is 0 Å². The molecule has 0 bridgehead atoms. The zero-order valence-electron chi connectivity index (χ0n) is 8.58. The molecule has 0 saturated heterocycles. The van der Waals surface area contributed by atoms with Crippen LogP contribution < -0.4 is 0 Å². The maximum Gasteiger partial charge on any atom is 0.349 e. The first-order valence-corrected chi connectivity index (χ1v) is 4.94. The summed E-state index contributed by atoms with van der Waals surface area (Å²) in [6, 6.07) is 0. The van der Waals surface area contributed by atoms with Gasteiger partial charge in [-0.05, 0) is 13.3 Å². The van der Waals surface area contributed by atoms with Crippen LogP contribution in [0, 0.1) is 0 Å².